The summed E-state index contributed by atoms with van der Waals surface area (Å²) >= 11 is 2.83. The Morgan fingerprint density at radius 1 is 0.464 bits per heavy atom. The molecule has 0 spiro atoms. The maximum absolute atomic E-state index is 12.6. The molecule has 10 atom stereocenters. The Bertz CT molecular complexity index is 4180. The van der Waals surface area contributed by atoms with E-state index in [0.717, 1.165) is 65.2 Å². The van der Waals surface area contributed by atoms with Gasteiger partial charge in [-0.1, -0.05) is 114 Å². The zero-order valence-electron chi connectivity index (χ0n) is 71.8. The lowest BCUT2D eigenvalue weighted by Gasteiger charge is -2.26. The normalized spacial score (nSPS) is 22.3. The van der Waals surface area contributed by atoms with Crippen LogP contribution in [0.2, 0.25) is 0 Å². The summed E-state index contributed by atoms with van der Waals surface area (Å²) in [6.45, 7) is 9.82. The molecular formula is C85H122B5N9O24S2. The molecule has 2 aromatic carbocycles. The Hall–Kier alpha value is -8.77. The van der Waals surface area contributed by atoms with Gasteiger partial charge in [0.05, 0.1) is 111 Å². The Morgan fingerprint density at radius 2 is 0.888 bits per heavy atom. The molecule has 0 unspecified atom stereocenters. The third-order valence-corrected chi connectivity index (χ3v) is 21.6. The minimum Gasteiger partial charge on any atom is -0.494 e. The number of rotatable bonds is 37. The van der Waals surface area contributed by atoms with Crippen LogP contribution in [0.3, 0.4) is 0 Å². The first kappa shape index (κ1) is 105. The van der Waals surface area contributed by atoms with Crippen LogP contribution in [-0.2, 0) is 107 Å². The number of nitrogens with two attached hydrogens (primary N) is 3. The van der Waals surface area contributed by atoms with Gasteiger partial charge < -0.3 is 112 Å². The highest BCUT2D eigenvalue weighted by Gasteiger charge is 2.38. The second-order valence-electron chi connectivity index (χ2n) is 31.1. The van der Waals surface area contributed by atoms with Gasteiger partial charge in [0.15, 0.2) is 5.71 Å². The molecule has 0 radical (unpaired) electrons. The largest absolute Gasteiger partial charge is 0.494 e. The minimum absolute atomic E-state index is 0.00448. The van der Waals surface area contributed by atoms with Gasteiger partial charge in [0.2, 0.25) is 23.6 Å². The predicted molar refractivity (Wildman–Crippen MR) is 478 cm³/mol. The topological polar surface area (TPSA) is 516 Å². The smallest absolute Gasteiger partial charge is 0.478 e. The van der Waals surface area contributed by atoms with E-state index >= 15 is 0 Å². The lowest BCUT2D eigenvalue weighted by atomic mass is 9.76. The molecule has 5 aliphatic heterocycles. The molecule has 125 heavy (non-hydrogen) atoms. The van der Waals surface area contributed by atoms with Crippen LogP contribution in [0.1, 0.15) is 170 Å². The number of Topliss-reactive ketones (excluding diaryl/α,β-unsaturated/α-hetero) is 5. The van der Waals surface area contributed by atoms with Crippen LogP contribution in [0, 0.1) is 5.92 Å². The maximum Gasteiger partial charge on any atom is 0.478 e. The summed E-state index contributed by atoms with van der Waals surface area (Å²) in [5.74, 6) is -2.93. The summed E-state index contributed by atoms with van der Waals surface area (Å²) in [5.41, 5.74) is 18.5. The molecule has 2 aromatic heterocycles. The summed E-state index contributed by atoms with van der Waals surface area (Å²) in [6.07, 6.45) is 25.6. The van der Waals surface area contributed by atoms with Crippen molar-refractivity contribution in [3.05, 3.63) is 171 Å². The van der Waals surface area contributed by atoms with Crippen LogP contribution in [0.5, 0.6) is 5.75 Å². The molecule has 1 aliphatic carbocycles. The van der Waals surface area contributed by atoms with Crippen molar-refractivity contribution in [2.24, 2.45) is 28.3 Å². The molecule has 1 saturated carbocycles. The quantitative estimate of drug-likeness (QED) is 0.0100. The van der Waals surface area contributed by atoms with E-state index < -0.39 is 102 Å². The molecular weight excluding hydrogens is 1650 g/mol. The van der Waals surface area contributed by atoms with Crippen molar-refractivity contribution in [1.82, 2.24) is 26.6 Å². The number of amides is 5. The Morgan fingerprint density at radius 3 is 1.31 bits per heavy atom. The van der Waals surface area contributed by atoms with Crippen LogP contribution in [0.4, 0.5) is 0 Å². The number of nitrogens with one attached hydrogen (secondary N) is 5. The van der Waals surface area contributed by atoms with Gasteiger partial charge in [-0.3, -0.25) is 47.9 Å². The van der Waals surface area contributed by atoms with Gasteiger partial charge in [-0.15, -0.1) is 22.7 Å². The number of hydrogen-bond donors (Lipinski definition) is 14. The predicted octanol–water partition coefficient (Wildman–Crippen LogP) is 3.84. The minimum atomic E-state index is -1.26. The Balaban J connectivity index is 0.000000242. The molecule has 10 rings (SSSR count). The number of ketones is 5. The number of thiophene rings is 2. The first-order chi connectivity index (χ1) is 59.9. The van der Waals surface area contributed by atoms with Crippen molar-refractivity contribution in [1.29, 1.82) is 0 Å². The van der Waals surface area contributed by atoms with Gasteiger partial charge in [0, 0.05) is 60.9 Å². The maximum atomic E-state index is 12.6. The van der Waals surface area contributed by atoms with Crippen LogP contribution in [0.25, 0.3) is 0 Å². The van der Waals surface area contributed by atoms with Crippen LogP contribution >= 0.6 is 22.7 Å². The van der Waals surface area contributed by atoms with Crippen molar-refractivity contribution in [2.75, 3.05) is 39.5 Å². The van der Waals surface area contributed by atoms with Gasteiger partial charge in [-0.05, 0) is 165 Å². The molecule has 40 heteroatoms. The van der Waals surface area contributed by atoms with Crippen molar-refractivity contribution in [3.8, 4) is 5.75 Å². The third-order valence-electron chi connectivity index (χ3n) is 19.7. The second-order valence-corrected chi connectivity index (χ2v) is 33.3. The van der Waals surface area contributed by atoms with E-state index in [4.69, 9.17) is 59.9 Å². The molecule has 7 heterocycles. The van der Waals surface area contributed by atoms with E-state index in [1.54, 1.807) is 54.0 Å². The van der Waals surface area contributed by atoms with E-state index in [-0.39, 0.29) is 129 Å². The Kier molecular flexibility index (Phi) is 49.2. The van der Waals surface area contributed by atoms with Gasteiger partial charge in [0.1, 0.15) is 41.3 Å². The van der Waals surface area contributed by atoms with Crippen molar-refractivity contribution < 1.29 is 116 Å². The van der Waals surface area contributed by atoms with Gasteiger partial charge >= 0.3 is 35.6 Å². The number of oxime groups is 1. The van der Waals surface area contributed by atoms with E-state index in [2.05, 4.69) is 31.7 Å². The number of aliphatic hydroxyl groups excluding tert-OH is 1. The van der Waals surface area contributed by atoms with Crippen molar-refractivity contribution >= 4 is 122 Å². The van der Waals surface area contributed by atoms with Gasteiger partial charge in [-0.2, -0.15) is 0 Å². The SMILES string of the molecule is CC(=O)C[C@H]1C=CC[C@H](NC(=O)/C(=N/OCCO)c2cccs2)B(O)O1.CC(=O)C[C@H]1C=CC[C@H](NC(=O)CC2CCC(N)CC2)B(O)O1.CC(=O)C[C@H]1C=CC[C@H](NC(=O)Cc2ccc(COCCN)s2)B(O)O1.CC(=O)C[C@H]1C=CC[C@H](NC(=O)Cc2cccc(OCCCCN)c2)B(O)O1.CC(=O)C[C@H]1C=CC[C@H](NC(=O)Cc2ccccc2)B(O)O1. The molecule has 33 nitrogen and oxygen atoms in total. The first-order valence-electron chi connectivity index (χ1n) is 42.3. The molecule has 5 amide bonds. The Labute approximate surface area is 741 Å². The number of ether oxygens (including phenoxy) is 2. The molecule has 17 N–H and O–H groups in total. The zero-order chi connectivity index (χ0) is 91.0. The van der Waals surface area contributed by atoms with Gasteiger partial charge in [0.25, 0.3) is 5.91 Å². The highest BCUT2D eigenvalue weighted by molar-refractivity contribution is 7.13. The average Bonchev–Trinajstić information content (AvgIpc) is 1.83. The number of unbranched alkanes of at least 4 members (excludes halogenated alkanes) is 1. The van der Waals surface area contributed by atoms with E-state index in [1.165, 1.54) is 57.3 Å². The molecule has 1 fully saturated rings. The highest BCUT2D eigenvalue weighted by atomic mass is 32.1. The van der Waals surface area contributed by atoms with Crippen LogP contribution in [-0.4, -0.2) is 236 Å². The van der Waals surface area contributed by atoms with Crippen LogP contribution < -0.4 is 48.5 Å². The summed E-state index contributed by atoms with van der Waals surface area (Å²) in [5, 5.41) is 79.1. The second kappa shape index (κ2) is 58.6. The van der Waals surface area contributed by atoms with E-state index in [1.807, 2.05) is 91.0 Å². The number of benzene rings is 2. The molecule has 0 bridgehead atoms. The summed E-state index contributed by atoms with van der Waals surface area (Å²) < 4.78 is 38.3. The fraction of sp³-hybridized carbons (Fsp3) is 0.518. The number of hydrogen-bond acceptors (Lipinski definition) is 30. The standard InChI is InChI=1S/C20H29BN2O5.C17H25BN2O5S.C16H21BN2O6S.C16H27BN2O4.C16H20BNO4/c1-15(24)12-18-8-5-9-19(21(26)28-18)23-20(25)14-16-6-4-7-17(13-16)27-11-3-2-10-22;1-12(21)9-13-3-2-4-16(18(23)25-13)20-17(22)10-14-5-6-15(26-14)11-24-8-7-19;1-11(21)10-12-4-2-6-14(17(23)25-12)18-16(22)15(19-24-8-7-20)13-5-3-9-26-13;1-11(20)9-14-3-2-4-15(17(22)23-14)19-16(21)10-12-5-7-13(18)8-6-12;1-12(19)10-14-8-5-9-15(17(21)22-14)18-16(20)11-13-6-3-2-4-7-13/h4-8,13,18-19,26H,2-3,9-12,14,22H2,1H3,(H,23,25);2-3,5-6,13,16,23H,4,7-11,19H2,1H3,(H,20,22);2-5,9,12,14,20,23H,6-8,10H2,1H3,(H,18,22);2-3,12-15,22H,4-10,18H2,1H3,(H,19,21);2-8,14-15,21H,9-11H2,1H3,(H,18,20)/b;;19-15+;;/t18-,19+;13-,16+;12-,14+;12?,13?,14-,15+;14-,15+/m11111/s1. The summed E-state index contributed by atoms with van der Waals surface area (Å²) in [6, 6.07) is 24.4. The number of carbonyl (C=O) groups excluding carboxylic acids is 10. The lowest BCUT2D eigenvalue weighted by molar-refractivity contribution is -0.123. The fourth-order valence-corrected chi connectivity index (χ4v) is 15.2. The molecule has 4 aromatic rings. The molecule has 6 aliphatic rings. The summed E-state index contributed by atoms with van der Waals surface area (Å²) in [7, 11) is -5.80. The number of nitrogens with zero attached hydrogens (tertiary/aromatic N) is 1. The number of aliphatic hydroxyl groups is 1. The lowest BCUT2D eigenvalue weighted by Crippen LogP contribution is -2.50. The average molecular weight is 1770 g/mol. The zero-order valence-corrected chi connectivity index (χ0v) is 73.4. The van der Waals surface area contributed by atoms with Gasteiger partial charge in [-0.25, -0.2) is 0 Å². The molecule has 0 saturated heterocycles. The fourth-order valence-electron chi connectivity index (χ4n) is 13.6. The van der Waals surface area contributed by atoms with Crippen molar-refractivity contribution in [3.63, 3.8) is 0 Å². The van der Waals surface area contributed by atoms with E-state index in [0.29, 0.717) is 82.2 Å². The summed E-state index contributed by atoms with van der Waals surface area (Å²) in [4.78, 5) is 125. The van der Waals surface area contributed by atoms with E-state index in [9.17, 15) is 73.1 Å². The first-order valence-corrected chi connectivity index (χ1v) is 44.0. The van der Waals surface area contributed by atoms with Crippen molar-refractivity contribution in [2.45, 2.75) is 236 Å². The number of carbonyl (C=O) groups is 10. The highest BCUT2D eigenvalue weighted by Crippen LogP contribution is 2.27. The third kappa shape index (κ3) is 43.1. The monoisotopic (exact) mass is 1770 g/mol. The molecule has 678 valence electrons. The van der Waals surface area contributed by atoms with Crippen LogP contribution in [0.15, 0.2) is 150 Å².